The van der Waals surface area contributed by atoms with E-state index >= 15 is 0 Å². The van der Waals surface area contributed by atoms with Crippen LogP contribution in [0.2, 0.25) is 0 Å². The Bertz CT molecular complexity index is 1280. The van der Waals surface area contributed by atoms with E-state index in [1.165, 1.54) is 44.9 Å². The number of carbonyl (C=O) groups is 1. The van der Waals surface area contributed by atoms with Gasteiger partial charge in [-0.3, -0.25) is 14.3 Å². The zero-order valence-corrected chi connectivity index (χ0v) is 23.2. The molecule has 11 heteroatoms. The Morgan fingerprint density at radius 3 is 2.39 bits per heavy atom. The normalized spacial score (nSPS) is 18.8. The van der Waals surface area contributed by atoms with Crippen LogP contribution in [-0.2, 0) is 26.8 Å². The highest BCUT2D eigenvalue weighted by molar-refractivity contribution is 5.89. The molecule has 0 bridgehead atoms. The first kappa shape index (κ1) is 32.2. The molecular weight excluding hydrogens is 541 g/mol. The van der Waals surface area contributed by atoms with Gasteiger partial charge in [0.25, 0.3) is 5.56 Å². The van der Waals surface area contributed by atoms with Crippen molar-refractivity contribution in [1.82, 2.24) is 9.55 Å². The number of hydrogen-bond acceptors (Lipinski definition) is 6. The molecule has 3 rings (SSSR count). The van der Waals surface area contributed by atoms with Gasteiger partial charge in [0, 0.05) is 12.6 Å². The number of aromatic nitrogens is 2. The van der Waals surface area contributed by atoms with Gasteiger partial charge in [-0.25, -0.2) is 9.59 Å². The fourth-order valence-electron chi connectivity index (χ4n) is 4.76. The lowest BCUT2D eigenvalue weighted by Gasteiger charge is -2.18. The van der Waals surface area contributed by atoms with Crippen molar-refractivity contribution in [3.63, 3.8) is 0 Å². The molecule has 1 aliphatic heterocycles. The number of benzene rings is 1. The van der Waals surface area contributed by atoms with Crippen molar-refractivity contribution >= 4 is 5.97 Å². The van der Waals surface area contributed by atoms with Crippen LogP contribution >= 0.6 is 0 Å². The molecule has 0 aliphatic carbocycles. The maximum Gasteiger partial charge on any atom is 0.423 e. The Kier molecular flexibility index (Phi) is 12.2. The SMILES string of the molecule is C#CCO[C@H]1C[C@H](n2cc(C(F)(F)F)c(=O)[nH]c2=O)O[C@@H]1COC(=O)c1ccc(CCCCCCCCCC)cc1. The molecule has 2 heterocycles. The number of unbranched alkanes of at least 4 members (excludes halogenated alkanes) is 7. The average molecular weight is 579 g/mol. The van der Waals surface area contributed by atoms with E-state index in [1.807, 2.05) is 12.1 Å². The second-order valence-corrected chi connectivity index (χ2v) is 10.1. The van der Waals surface area contributed by atoms with E-state index in [0.717, 1.165) is 18.4 Å². The summed E-state index contributed by atoms with van der Waals surface area (Å²) < 4.78 is 57.0. The highest BCUT2D eigenvalue weighted by Crippen LogP contribution is 2.32. The molecule has 1 aliphatic rings. The molecular formula is C30H37F3N2O6. The number of ether oxygens (including phenoxy) is 3. The number of carbonyl (C=O) groups excluding carboxylic acids is 1. The van der Waals surface area contributed by atoms with Crippen LogP contribution in [0.3, 0.4) is 0 Å². The third-order valence-electron chi connectivity index (χ3n) is 7.03. The van der Waals surface area contributed by atoms with Crippen LogP contribution in [0.4, 0.5) is 13.2 Å². The fraction of sp³-hybridized carbons (Fsp3) is 0.567. The van der Waals surface area contributed by atoms with Crippen LogP contribution in [0.1, 0.15) is 92.4 Å². The Morgan fingerprint density at radius 1 is 1.10 bits per heavy atom. The average Bonchev–Trinajstić information content (AvgIpc) is 3.34. The second-order valence-electron chi connectivity index (χ2n) is 10.1. The third kappa shape index (κ3) is 9.61. The van der Waals surface area contributed by atoms with Crippen LogP contribution in [-0.4, -0.2) is 40.9 Å². The molecule has 3 atom stereocenters. The van der Waals surface area contributed by atoms with Gasteiger partial charge in [-0.15, -0.1) is 6.42 Å². The van der Waals surface area contributed by atoms with Gasteiger partial charge in [-0.2, -0.15) is 13.2 Å². The summed E-state index contributed by atoms with van der Waals surface area (Å²) in [6.45, 7) is 1.80. The van der Waals surface area contributed by atoms with Gasteiger partial charge in [0.1, 0.15) is 31.1 Å². The lowest BCUT2D eigenvalue weighted by atomic mass is 10.0. The number of nitrogens with zero attached hydrogens (tertiary/aromatic N) is 1. The van der Waals surface area contributed by atoms with Crippen molar-refractivity contribution in [1.29, 1.82) is 0 Å². The van der Waals surface area contributed by atoms with E-state index in [9.17, 15) is 27.6 Å². The molecule has 0 spiro atoms. The summed E-state index contributed by atoms with van der Waals surface area (Å²) >= 11 is 0. The predicted molar refractivity (Wildman–Crippen MR) is 146 cm³/mol. The number of H-pyrrole nitrogens is 1. The molecule has 0 amide bonds. The van der Waals surface area contributed by atoms with Crippen molar-refractivity contribution in [3.05, 3.63) is 68.0 Å². The van der Waals surface area contributed by atoms with Crippen molar-refractivity contribution < 1.29 is 32.2 Å². The number of nitrogens with one attached hydrogen (secondary N) is 1. The Balaban J connectivity index is 1.55. The fourth-order valence-corrected chi connectivity index (χ4v) is 4.76. The topological polar surface area (TPSA) is 99.6 Å². The molecule has 2 aromatic rings. The van der Waals surface area contributed by atoms with E-state index < -0.39 is 47.4 Å². The van der Waals surface area contributed by atoms with E-state index in [-0.39, 0.29) is 19.6 Å². The van der Waals surface area contributed by atoms with Crippen LogP contribution in [0.5, 0.6) is 0 Å². The summed E-state index contributed by atoms with van der Waals surface area (Å²) in [5, 5.41) is 0. The van der Waals surface area contributed by atoms with E-state index in [0.29, 0.717) is 16.3 Å². The van der Waals surface area contributed by atoms with Gasteiger partial charge in [0.15, 0.2) is 0 Å². The second kappa shape index (κ2) is 15.6. The van der Waals surface area contributed by atoms with Crippen LogP contribution < -0.4 is 11.2 Å². The van der Waals surface area contributed by atoms with Crippen LogP contribution in [0.25, 0.3) is 0 Å². The number of hydrogen-bond donors (Lipinski definition) is 1. The summed E-state index contributed by atoms with van der Waals surface area (Å²) in [5.41, 5.74) is -2.70. The molecule has 8 nitrogen and oxygen atoms in total. The lowest BCUT2D eigenvalue weighted by Crippen LogP contribution is -2.36. The number of rotatable bonds is 15. The Labute approximate surface area is 237 Å². The first-order valence-corrected chi connectivity index (χ1v) is 14.0. The molecule has 1 aromatic carbocycles. The predicted octanol–water partition coefficient (Wildman–Crippen LogP) is 5.40. The first-order chi connectivity index (χ1) is 19.6. The molecule has 0 unspecified atom stereocenters. The number of aryl methyl sites for hydroxylation is 1. The number of esters is 1. The van der Waals surface area contributed by atoms with E-state index in [2.05, 4.69) is 12.8 Å². The zero-order chi connectivity index (χ0) is 29.8. The number of halogens is 3. The molecule has 1 aromatic heterocycles. The molecule has 0 radical (unpaired) electrons. The van der Waals surface area contributed by atoms with Crippen LogP contribution in [0.15, 0.2) is 40.1 Å². The Morgan fingerprint density at radius 2 is 1.76 bits per heavy atom. The summed E-state index contributed by atoms with van der Waals surface area (Å²) in [6, 6.07) is 7.15. The summed E-state index contributed by atoms with van der Waals surface area (Å²) in [4.78, 5) is 38.2. The minimum atomic E-state index is -4.97. The van der Waals surface area contributed by atoms with Crippen molar-refractivity contribution in [2.24, 2.45) is 0 Å². The van der Waals surface area contributed by atoms with Gasteiger partial charge >= 0.3 is 17.8 Å². The van der Waals surface area contributed by atoms with Gasteiger partial charge in [0.2, 0.25) is 0 Å². The summed E-state index contributed by atoms with van der Waals surface area (Å²) in [5.74, 6) is 1.69. The molecule has 1 saturated heterocycles. The molecule has 1 N–H and O–H groups in total. The van der Waals surface area contributed by atoms with Gasteiger partial charge in [0.05, 0.1) is 11.7 Å². The Hall–Kier alpha value is -3.36. The monoisotopic (exact) mass is 578 g/mol. The van der Waals surface area contributed by atoms with Crippen LogP contribution in [0, 0.1) is 12.3 Å². The van der Waals surface area contributed by atoms with Gasteiger partial charge in [-0.05, 0) is 30.5 Å². The molecule has 224 valence electrons. The minimum Gasteiger partial charge on any atom is -0.459 e. The maximum atomic E-state index is 13.2. The molecule has 0 saturated carbocycles. The molecule has 1 fully saturated rings. The third-order valence-corrected chi connectivity index (χ3v) is 7.03. The van der Waals surface area contributed by atoms with E-state index in [4.69, 9.17) is 20.6 Å². The quantitative estimate of drug-likeness (QED) is 0.173. The first-order valence-electron chi connectivity index (χ1n) is 14.0. The van der Waals surface area contributed by atoms with Crippen molar-refractivity contribution in [2.75, 3.05) is 13.2 Å². The van der Waals surface area contributed by atoms with E-state index in [1.54, 1.807) is 17.1 Å². The summed E-state index contributed by atoms with van der Waals surface area (Å²) in [7, 11) is 0. The maximum absolute atomic E-state index is 13.2. The smallest absolute Gasteiger partial charge is 0.423 e. The van der Waals surface area contributed by atoms with Crippen molar-refractivity contribution in [2.45, 2.75) is 95.7 Å². The highest BCUT2D eigenvalue weighted by Gasteiger charge is 2.40. The van der Waals surface area contributed by atoms with Gasteiger partial charge < -0.3 is 14.2 Å². The van der Waals surface area contributed by atoms with Gasteiger partial charge in [-0.1, -0.05) is 69.9 Å². The number of terminal acetylenes is 1. The summed E-state index contributed by atoms with van der Waals surface area (Å²) in [6.07, 6.45) is 8.57. The standard InChI is InChI=1S/C30H37F3N2O6/c1-3-5-6-7-8-9-10-11-12-21-13-15-22(16-14-21)28(37)40-20-25-24(39-17-4-2)18-26(41-25)35-19-23(30(31,32)33)27(36)34-29(35)38/h2,13-16,19,24-26H,3,5-12,17-18,20H2,1H3,(H,34,36,38)/t24-,25+,26+/m0/s1. The van der Waals surface area contributed by atoms with Crippen molar-refractivity contribution in [3.8, 4) is 12.3 Å². The molecule has 41 heavy (non-hydrogen) atoms. The lowest BCUT2D eigenvalue weighted by molar-refractivity contribution is -0.139. The highest BCUT2D eigenvalue weighted by atomic mass is 19.4. The largest absolute Gasteiger partial charge is 0.459 e. The number of aromatic amines is 1. The zero-order valence-electron chi connectivity index (χ0n) is 23.2. The minimum absolute atomic E-state index is 0.0550. The number of alkyl halides is 3.